The second-order valence-electron chi connectivity index (χ2n) is 30.6. The third-order valence-corrected chi connectivity index (χ3v) is 21.4. The first-order valence-electron chi connectivity index (χ1n) is 42.9. The van der Waals surface area contributed by atoms with Crippen molar-refractivity contribution in [2.24, 2.45) is 0 Å². The maximum atomic E-state index is 13.5. The third-order valence-electron chi connectivity index (χ3n) is 21.4. The zero-order chi connectivity index (χ0) is 75.3. The summed E-state index contributed by atoms with van der Waals surface area (Å²) >= 11 is 0. The molecule has 0 bridgehead atoms. The van der Waals surface area contributed by atoms with E-state index in [1.807, 2.05) is 0 Å². The minimum absolute atomic E-state index is 0.238. The van der Waals surface area contributed by atoms with Gasteiger partial charge < -0.3 is 89.9 Å². The molecule has 17 atom stereocenters. The van der Waals surface area contributed by atoms with E-state index < -0.39 is 124 Å². The highest BCUT2D eigenvalue weighted by Crippen LogP contribution is 2.34. The predicted octanol–water partition coefficient (Wildman–Crippen LogP) is 15.2. The van der Waals surface area contributed by atoms with Crippen molar-refractivity contribution in [3.8, 4) is 0 Å². The Hall–Kier alpha value is -2.25. The summed E-state index contributed by atoms with van der Waals surface area (Å²) in [6.45, 7) is 1.75. The first kappa shape index (κ1) is 96.0. The van der Waals surface area contributed by atoms with Gasteiger partial charge in [0.05, 0.1) is 38.6 Å². The summed E-state index contributed by atoms with van der Waals surface area (Å²) in [5.74, 6) is -0.238. The molecule has 3 aliphatic heterocycles. The minimum atomic E-state index is -1.97. The van der Waals surface area contributed by atoms with Crippen LogP contribution >= 0.6 is 0 Å². The Labute approximate surface area is 631 Å². The Balaban J connectivity index is 1.34. The summed E-state index contributed by atoms with van der Waals surface area (Å²) in [5.41, 5.74) is 0. The normalized spacial score (nSPS) is 26.1. The number of nitrogens with one attached hydrogen (secondary N) is 1. The number of ether oxygens (including phenoxy) is 6. The molecular weight excluding hydrogens is 1320 g/mol. The fourth-order valence-corrected chi connectivity index (χ4v) is 14.6. The lowest BCUT2D eigenvalue weighted by Gasteiger charge is -2.48. The molecule has 104 heavy (non-hydrogen) atoms. The molecule has 19 nitrogen and oxygen atoms in total. The Morgan fingerprint density at radius 1 is 0.356 bits per heavy atom. The van der Waals surface area contributed by atoms with E-state index in [4.69, 9.17) is 28.4 Å². The third kappa shape index (κ3) is 44.6. The average Bonchev–Trinajstić information content (AvgIpc) is 0.781. The van der Waals surface area contributed by atoms with Crippen LogP contribution in [0.2, 0.25) is 0 Å². The number of rotatable bonds is 69. The quantitative estimate of drug-likeness (QED) is 0.0199. The zero-order valence-corrected chi connectivity index (χ0v) is 65.5. The molecule has 12 N–H and O–H groups in total. The number of allylic oxidation sites excluding steroid dienone is 8. The van der Waals surface area contributed by atoms with Gasteiger partial charge in [0.25, 0.3) is 0 Å². The predicted molar refractivity (Wildman–Crippen MR) is 416 cm³/mol. The second kappa shape index (κ2) is 65.5. The van der Waals surface area contributed by atoms with Crippen molar-refractivity contribution in [1.82, 2.24) is 5.32 Å². The molecule has 17 unspecified atom stereocenters. The molecular formula is C85H157NO18. The largest absolute Gasteiger partial charge is 0.394 e. The lowest BCUT2D eigenvalue weighted by molar-refractivity contribution is -0.379. The topological polar surface area (TPSA) is 307 Å². The van der Waals surface area contributed by atoms with Gasteiger partial charge >= 0.3 is 0 Å². The van der Waals surface area contributed by atoms with Gasteiger partial charge in [-0.1, -0.05) is 345 Å². The van der Waals surface area contributed by atoms with Crippen molar-refractivity contribution in [2.45, 2.75) is 458 Å². The van der Waals surface area contributed by atoms with Crippen molar-refractivity contribution >= 4 is 5.91 Å². The van der Waals surface area contributed by atoms with Gasteiger partial charge in [-0.3, -0.25) is 4.79 Å². The highest BCUT2D eigenvalue weighted by molar-refractivity contribution is 5.76. The number of carbonyl (C=O) groups excluding carboxylic acids is 1. The molecule has 610 valence electrons. The lowest BCUT2D eigenvalue weighted by atomic mass is 9.96. The van der Waals surface area contributed by atoms with Crippen LogP contribution in [0.1, 0.15) is 354 Å². The van der Waals surface area contributed by atoms with Crippen LogP contribution in [0.4, 0.5) is 0 Å². The summed E-state index contributed by atoms with van der Waals surface area (Å²) in [7, 11) is 0. The van der Waals surface area contributed by atoms with Crippen LogP contribution in [0, 0.1) is 0 Å². The molecule has 3 aliphatic rings. The van der Waals surface area contributed by atoms with Crippen LogP contribution in [-0.4, -0.2) is 193 Å². The molecule has 1 amide bonds. The van der Waals surface area contributed by atoms with Crippen LogP contribution in [0.25, 0.3) is 0 Å². The highest BCUT2D eigenvalue weighted by Gasteiger charge is 2.54. The number of aliphatic hydroxyl groups excluding tert-OH is 11. The van der Waals surface area contributed by atoms with Crippen LogP contribution in [0.3, 0.4) is 0 Å². The number of hydrogen-bond donors (Lipinski definition) is 12. The fourth-order valence-electron chi connectivity index (χ4n) is 14.6. The molecule has 0 aromatic heterocycles. The maximum Gasteiger partial charge on any atom is 0.220 e. The Kier molecular flexibility index (Phi) is 60.4. The van der Waals surface area contributed by atoms with Crippen molar-refractivity contribution in [3.05, 3.63) is 48.6 Å². The first-order chi connectivity index (χ1) is 50.8. The van der Waals surface area contributed by atoms with Gasteiger partial charge in [-0.25, -0.2) is 0 Å². The summed E-state index contributed by atoms with van der Waals surface area (Å²) in [5, 5.41) is 121. The lowest BCUT2D eigenvalue weighted by Crippen LogP contribution is -2.66. The second-order valence-corrected chi connectivity index (χ2v) is 30.6. The number of amides is 1. The van der Waals surface area contributed by atoms with E-state index >= 15 is 0 Å². The zero-order valence-electron chi connectivity index (χ0n) is 65.5. The van der Waals surface area contributed by atoms with E-state index in [1.54, 1.807) is 0 Å². The molecule has 3 fully saturated rings. The molecule has 0 saturated carbocycles. The number of aliphatic hydroxyl groups is 11. The molecule has 0 spiro atoms. The Bertz CT molecular complexity index is 2060. The molecule has 3 rings (SSSR count). The molecule has 3 saturated heterocycles. The van der Waals surface area contributed by atoms with Crippen LogP contribution in [0.5, 0.6) is 0 Å². The maximum absolute atomic E-state index is 13.5. The van der Waals surface area contributed by atoms with Gasteiger partial charge in [0.1, 0.15) is 73.2 Å². The molecule has 0 aromatic rings. The van der Waals surface area contributed by atoms with Crippen molar-refractivity contribution < 1.29 is 89.4 Å². The van der Waals surface area contributed by atoms with E-state index in [2.05, 4.69) is 67.8 Å². The van der Waals surface area contributed by atoms with Crippen molar-refractivity contribution in [2.75, 3.05) is 26.4 Å². The van der Waals surface area contributed by atoms with Crippen molar-refractivity contribution in [1.29, 1.82) is 0 Å². The van der Waals surface area contributed by atoms with E-state index in [9.17, 15) is 61.0 Å². The van der Waals surface area contributed by atoms with Gasteiger partial charge in [0.2, 0.25) is 5.91 Å². The van der Waals surface area contributed by atoms with E-state index in [0.29, 0.717) is 12.8 Å². The molecule has 0 aliphatic carbocycles. The molecule has 3 heterocycles. The number of hydrogen-bond acceptors (Lipinski definition) is 18. The SMILES string of the molecule is CC/C=C\C/C=C\C/C=C\C/C=C\CCCCCCCCCCCCCCCCCCC(=O)NC(COC1OC(CO)C(OC2OC(CO)C(OC3OC(CO)C(O)C(O)C3O)C(O)C2O)C(O)C1O)C(O)CCCCCCCCCCCCCCCCCCCCCCCCCCCCCCCC. The number of carbonyl (C=O) groups is 1. The highest BCUT2D eigenvalue weighted by atomic mass is 16.8. The van der Waals surface area contributed by atoms with E-state index in [1.165, 1.54) is 250 Å². The number of unbranched alkanes of at least 4 members (excludes halogenated alkanes) is 45. The van der Waals surface area contributed by atoms with E-state index in [-0.39, 0.29) is 18.9 Å². The van der Waals surface area contributed by atoms with Crippen LogP contribution in [-0.2, 0) is 33.2 Å². The van der Waals surface area contributed by atoms with E-state index in [0.717, 1.165) is 70.6 Å². The Morgan fingerprint density at radius 3 is 1.04 bits per heavy atom. The standard InChI is InChI=1S/C85H157NO18/c1-3-5-7-9-11-13-15-17-19-21-23-25-27-29-31-33-35-36-38-40-42-44-46-48-50-52-54-56-58-60-62-69(90)68(86-73(91)63-61-59-57-55-53-51-49-47-45-43-41-39-37-34-32-30-28-26-24-22-20-18-16-14-12-10-8-6-4-2)67-99-83-79(97)76(94)81(71(65-88)101-83)104-85-80(98)77(95)82(72(66-89)102-85)103-84-78(96)75(93)74(92)70(64-87)100-84/h6,8,12,14,18,20,24,26,68-72,74-85,87-90,92-98H,3-5,7,9-11,13,15-17,19,21-23,25,27-67H2,1-2H3,(H,86,91)/b8-6-,14-12-,20-18-,26-24-. The summed E-state index contributed by atoms with van der Waals surface area (Å²) in [6.07, 6.45) is 56.3. The van der Waals surface area contributed by atoms with Gasteiger partial charge in [0.15, 0.2) is 18.9 Å². The fraction of sp³-hybridized carbons (Fsp3) is 0.894. The van der Waals surface area contributed by atoms with Gasteiger partial charge in [0, 0.05) is 6.42 Å². The molecule has 0 radical (unpaired) electrons. The van der Waals surface area contributed by atoms with Crippen LogP contribution < -0.4 is 5.32 Å². The first-order valence-corrected chi connectivity index (χ1v) is 42.9. The van der Waals surface area contributed by atoms with Gasteiger partial charge in [-0.05, 0) is 51.4 Å². The molecule has 0 aromatic carbocycles. The van der Waals surface area contributed by atoms with Gasteiger partial charge in [-0.2, -0.15) is 0 Å². The van der Waals surface area contributed by atoms with Gasteiger partial charge in [-0.15, -0.1) is 0 Å². The summed E-state index contributed by atoms with van der Waals surface area (Å²) in [4.78, 5) is 13.5. The summed E-state index contributed by atoms with van der Waals surface area (Å²) < 4.78 is 34.6. The Morgan fingerprint density at radius 2 is 0.663 bits per heavy atom. The summed E-state index contributed by atoms with van der Waals surface area (Å²) in [6, 6.07) is -0.890. The minimum Gasteiger partial charge on any atom is -0.394 e. The molecule has 19 heteroatoms. The monoisotopic (exact) mass is 1480 g/mol. The average molecular weight is 1480 g/mol. The smallest absolute Gasteiger partial charge is 0.220 e. The van der Waals surface area contributed by atoms with Crippen LogP contribution in [0.15, 0.2) is 48.6 Å². The van der Waals surface area contributed by atoms with Crippen molar-refractivity contribution in [3.63, 3.8) is 0 Å².